The van der Waals surface area contributed by atoms with Crippen molar-refractivity contribution in [2.75, 3.05) is 45.2 Å². The first-order valence-electron chi connectivity index (χ1n) is 9.73. The molecule has 2 aliphatic heterocycles. The molecule has 0 unspecified atom stereocenters. The zero-order valence-electron chi connectivity index (χ0n) is 16.8. The van der Waals surface area contributed by atoms with Gasteiger partial charge in [0.15, 0.2) is 0 Å². The van der Waals surface area contributed by atoms with Crippen molar-refractivity contribution in [3.63, 3.8) is 0 Å². The maximum absolute atomic E-state index is 13.5. The second-order valence-electron chi connectivity index (χ2n) is 7.36. The number of hydrogen-bond acceptors (Lipinski definition) is 6. The van der Waals surface area contributed by atoms with Gasteiger partial charge in [0.25, 0.3) is 11.5 Å². The van der Waals surface area contributed by atoms with Gasteiger partial charge in [0.05, 0.1) is 21.7 Å². The van der Waals surface area contributed by atoms with Crippen LogP contribution in [0.3, 0.4) is 0 Å². The van der Waals surface area contributed by atoms with E-state index in [0.29, 0.717) is 21.3 Å². The van der Waals surface area contributed by atoms with E-state index in [9.17, 15) is 9.59 Å². The highest BCUT2D eigenvalue weighted by Gasteiger charge is 2.30. The van der Waals surface area contributed by atoms with Crippen LogP contribution in [-0.2, 0) is 11.3 Å². The van der Waals surface area contributed by atoms with Crippen molar-refractivity contribution in [2.24, 2.45) is 0 Å². The number of piperazine rings is 1. The Kier molecular flexibility index (Phi) is 5.50. The highest BCUT2D eigenvalue weighted by Crippen LogP contribution is 2.35. The Bertz CT molecular complexity index is 1080. The number of benzene rings is 1. The highest BCUT2D eigenvalue weighted by atomic mass is 32.2. The van der Waals surface area contributed by atoms with Crippen molar-refractivity contribution in [3.8, 4) is 0 Å². The standard InChI is InChI=1S/C21H24N4O2S2/c1-4-25-16-8-6-5-7-14(16)18(24-11-9-22(2)10-12-24)15(19(25)26)13-17-20(27)23(3)21(28)29-17/h5-8,13H,4,9-12H2,1-3H3. The van der Waals surface area contributed by atoms with Crippen LogP contribution in [0.1, 0.15) is 12.5 Å². The molecule has 8 heteroatoms. The third kappa shape index (κ3) is 3.49. The maximum Gasteiger partial charge on any atom is 0.265 e. The molecular weight excluding hydrogens is 404 g/mol. The first-order valence-corrected chi connectivity index (χ1v) is 11.0. The van der Waals surface area contributed by atoms with Crippen LogP contribution in [-0.4, -0.2) is 64.9 Å². The topological polar surface area (TPSA) is 48.8 Å². The molecule has 0 spiro atoms. The second-order valence-corrected chi connectivity index (χ2v) is 9.04. The predicted octanol–water partition coefficient (Wildman–Crippen LogP) is 2.60. The van der Waals surface area contributed by atoms with Crippen molar-refractivity contribution in [1.29, 1.82) is 0 Å². The van der Waals surface area contributed by atoms with Gasteiger partial charge in [-0.05, 0) is 26.1 Å². The normalized spacial score (nSPS) is 19.8. The molecule has 29 heavy (non-hydrogen) atoms. The lowest BCUT2D eigenvalue weighted by Gasteiger charge is -2.35. The van der Waals surface area contributed by atoms with E-state index in [1.807, 2.05) is 25.1 Å². The van der Waals surface area contributed by atoms with Crippen LogP contribution in [0.2, 0.25) is 0 Å². The summed E-state index contributed by atoms with van der Waals surface area (Å²) in [4.78, 5) is 32.6. The van der Waals surface area contributed by atoms with Crippen molar-refractivity contribution in [3.05, 3.63) is 45.1 Å². The number of thiocarbonyl (C=S) groups is 1. The van der Waals surface area contributed by atoms with E-state index >= 15 is 0 Å². The van der Waals surface area contributed by atoms with Crippen molar-refractivity contribution < 1.29 is 4.79 Å². The number of rotatable bonds is 3. The number of hydrogen-bond donors (Lipinski definition) is 0. The quantitative estimate of drug-likeness (QED) is 0.553. The molecule has 0 radical (unpaired) electrons. The van der Waals surface area contributed by atoms with E-state index in [1.54, 1.807) is 17.7 Å². The van der Waals surface area contributed by atoms with Gasteiger partial charge in [0, 0.05) is 45.2 Å². The minimum Gasteiger partial charge on any atom is -0.368 e. The minimum absolute atomic E-state index is 0.0681. The highest BCUT2D eigenvalue weighted by molar-refractivity contribution is 8.26. The van der Waals surface area contributed by atoms with Gasteiger partial charge in [-0.15, -0.1) is 0 Å². The summed E-state index contributed by atoms with van der Waals surface area (Å²) in [7, 11) is 3.78. The Balaban J connectivity index is 1.98. The van der Waals surface area contributed by atoms with Gasteiger partial charge >= 0.3 is 0 Å². The summed E-state index contributed by atoms with van der Waals surface area (Å²) in [5, 5.41) is 1.04. The molecule has 1 amide bonds. The number of aromatic nitrogens is 1. The monoisotopic (exact) mass is 428 g/mol. The Morgan fingerprint density at radius 1 is 1.10 bits per heavy atom. The van der Waals surface area contributed by atoms with E-state index < -0.39 is 0 Å². The molecule has 1 aromatic heterocycles. The van der Waals surface area contributed by atoms with Gasteiger partial charge < -0.3 is 14.4 Å². The summed E-state index contributed by atoms with van der Waals surface area (Å²) in [6.45, 7) is 6.08. The molecule has 2 aliphatic rings. The Hall–Kier alpha value is -2.16. The fraction of sp³-hybridized carbons (Fsp3) is 0.381. The van der Waals surface area contributed by atoms with E-state index in [0.717, 1.165) is 42.8 Å². The van der Waals surface area contributed by atoms with Crippen molar-refractivity contribution in [1.82, 2.24) is 14.4 Å². The molecule has 6 nitrogen and oxygen atoms in total. The molecule has 2 fully saturated rings. The molecule has 1 aromatic carbocycles. The smallest absolute Gasteiger partial charge is 0.265 e. The number of aryl methyl sites for hydroxylation is 1. The van der Waals surface area contributed by atoms with Crippen LogP contribution in [0.25, 0.3) is 17.0 Å². The molecule has 2 saturated heterocycles. The van der Waals surface area contributed by atoms with Gasteiger partial charge in [-0.3, -0.25) is 14.5 Å². The van der Waals surface area contributed by atoms with E-state index in [4.69, 9.17) is 12.2 Å². The lowest BCUT2D eigenvalue weighted by atomic mass is 10.1. The van der Waals surface area contributed by atoms with Gasteiger partial charge in [-0.2, -0.15) is 0 Å². The summed E-state index contributed by atoms with van der Waals surface area (Å²) in [5.74, 6) is -0.153. The van der Waals surface area contributed by atoms with E-state index in [1.165, 1.54) is 16.7 Å². The number of amides is 1. The summed E-state index contributed by atoms with van der Waals surface area (Å²) in [5.41, 5.74) is 2.35. The molecule has 2 aromatic rings. The van der Waals surface area contributed by atoms with E-state index in [-0.39, 0.29) is 11.5 Å². The van der Waals surface area contributed by atoms with Gasteiger partial charge in [-0.1, -0.05) is 42.2 Å². The Morgan fingerprint density at radius 2 is 1.79 bits per heavy atom. The summed E-state index contributed by atoms with van der Waals surface area (Å²) < 4.78 is 2.30. The molecule has 0 N–H and O–H groups in total. The summed E-state index contributed by atoms with van der Waals surface area (Å²) in [6.07, 6.45) is 1.75. The molecular formula is C21H24N4O2S2. The number of para-hydroxylation sites is 1. The number of anilines is 1. The second kappa shape index (κ2) is 7.93. The van der Waals surface area contributed by atoms with Crippen LogP contribution in [0.4, 0.5) is 5.69 Å². The fourth-order valence-corrected chi connectivity index (χ4v) is 5.06. The predicted molar refractivity (Wildman–Crippen MR) is 125 cm³/mol. The van der Waals surface area contributed by atoms with Crippen LogP contribution in [0.15, 0.2) is 34.0 Å². The lowest BCUT2D eigenvalue weighted by molar-refractivity contribution is -0.121. The average molecular weight is 429 g/mol. The van der Waals surface area contributed by atoms with Crippen LogP contribution < -0.4 is 10.5 Å². The Morgan fingerprint density at radius 3 is 2.41 bits per heavy atom. The molecule has 152 valence electrons. The van der Waals surface area contributed by atoms with Gasteiger partial charge in [0.1, 0.15) is 4.32 Å². The number of carbonyl (C=O) groups is 1. The number of pyridine rings is 1. The Labute approximate surface area is 179 Å². The van der Waals surface area contributed by atoms with Crippen LogP contribution in [0.5, 0.6) is 0 Å². The van der Waals surface area contributed by atoms with Crippen molar-refractivity contribution in [2.45, 2.75) is 13.5 Å². The number of carbonyl (C=O) groups excluding carboxylic acids is 1. The van der Waals surface area contributed by atoms with Crippen LogP contribution >= 0.6 is 24.0 Å². The number of fused-ring (bicyclic) bond motifs is 1. The first kappa shape index (κ1) is 20.1. The lowest BCUT2D eigenvalue weighted by Crippen LogP contribution is -2.45. The SMILES string of the molecule is CCn1c(=O)c(C=C2SC(=S)N(C)C2=O)c(N2CCN(C)CC2)c2ccccc21. The van der Waals surface area contributed by atoms with Crippen LogP contribution in [0, 0.1) is 0 Å². The third-order valence-electron chi connectivity index (χ3n) is 5.58. The molecule has 0 atom stereocenters. The van der Waals surface area contributed by atoms with E-state index in [2.05, 4.69) is 22.9 Å². The number of thioether (sulfide) groups is 1. The molecule has 3 heterocycles. The average Bonchev–Trinajstić information content (AvgIpc) is 2.96. The van der Waals surface area contributed by atoms with Gasteiger partial charge in [-0.25, -0.2) is 0 Å². The summed E-state index contributed by atoms with van der Waals surface area (Å²) in [6, 6.07) is 8.03. The molecule has 0 saturated carbocycles. The van der Waals surface area contributed by atoms with Gasteiger partial charge in [0.2, 0.25) is 0 Å². The molecule has 0 bridgehead atoms. The first-order chi connectivity index (χ1) is 13.9. The largest absolute Gasteiger partial charge is 0.368 e. The molecule has 4 rings (SSSR count). The zero-order valence-corrected chi connectivity index (χ0v) is 18.5. The third-order valence-corrected chi connectivity index (χ3v) is 7.06. The minimum atomic E-state index is -0.153. The maximum atomic E-state index is 13.5. The zero-order chi connectivity index (χ0) is 20.7. The van der Waals surface area contributed by atoms with Crippen molar-refractivity contribution >= 4 is 56.9 Å². The number of nitrogens with zero attached hydrogens (tertiary/aromatic N) is 4. The fourth-order valence-electron chi connectivity index (χ4n) is 3.90. The summed E-state index contributed by atoms with van der Waals surface area (Å²) >= 11 is 6.52. The molecule has 0 aliphatic carbocycles. The number of likely N-dealkylation sites (N-methyl/N-ethyl adjacent to an activating group) is 2.